The minimum absolute atomic E-state index is 0.363. The first-order valence-electron chi connectivity index (χ1n) is 6.08. The van der Waals surface area contributed by atoms with Crippen molar-refractivity contribution < 1.29 is 18.3 Å². The third-order valence-electron chi connectivity index (χ3n) is 2.67. The minimum Gasteiger partial charge on any atom is -0.398 e. The second-order valence-electron chi connectivity index (χ2n) is 4.32. The predicted molar refractivity (Wildman–Crippen MR) is 64.9 cm³/mol. The normalized spacial score (nSPS) is 23.1. The molecule has 1 aliphatic heterocycles. The van der Waals surface area contributed by atoms with Crippen LogP contribution in [0.2, 0.25) is 12.6 Å². The zero-order chi connectivity index (χ0) is 11.9. The van der Waals surface area contributed by atoms with Gasteiger partial charge in [0.2, 0.25) is 0 Å². The van der Waals surface area contributed by atoms with Gasteiger partial charge < -0.3 is 18.3 Å². The maximum absolute atomic E-state index is 5.80. The standard InChI is InChI=1S/C11H24O4Si/c1-4-6-15-16(3,12-2)8-5-7-13-9-11-10-14-11/h11H,4-10H2,1-3H3. The van der Waals surface area contributed by atoms with E-state index < -0.39 is 8.56 Å². The lowest BCUT2D eigenvalue weighted by atomic mass is 10.5. The van der Waals surface area contributed by atoms with Crippen LogP contribution in [0.15, 0.2) is 0 Å². The summed E-state index contributed by atoms with van der Waals surface area (Å²) < 4.78 is 21.9. The summed E-state index contributed by atoms with van der Waals surface area (Å²) in [6.07, 6.45) is 2.41. The molecule has 0 aromatic heterocycles. The van der Waals surface area contributed by atoms with Crippen LogP contribution in [0.3, 0.4) is 0 Å². The molecule has 96 valence electrons. The van der Waals surface area contributed by atoms with E-state index >= 15 is 0 Å². The monoisotopic (exact) mass is 248 g/mol. The highest BCUT2D eigenvalue weighted by Crippen LogP contribution is 2.16. The van der Waals surface area contributed by atoms with Crippen molar-refractivity contribution in [3.63, 3.8) is 0 Å². The second-order valence-corrected chi connectivity index (χ2v) is 7.78. The summed E-state index contributed by atoms with van der Waals surface area (Å²) in [6, 6.07) is 0.995. The van der Waals surface area contributed by atoms with Gasteiger partial charge in [-0.2, -0.15) is 0 Å². The van der Waals surface area contributed by atoms with Crippen LogP contribution in [0.25, 0.3) is 0 Å². The fourth-order valence-corrected chi connectivity index (χ4v) is 3.31. The van der Waals surface area contributed by atoms with Gasteiger partial charge in [0.1, 0.15) is 6.10 Å². The molecule has 2 atom stereocenters. The van der Waals surface area contributed by atoms with E-state index in [1.807, 2.05) is 0 Å². The molecule has 1 saturated heterocycles. The van der Waals surface area contributed by atoms with E-state index in [2.05, 4.69) is 13.5 Å². The Bertz CT molecular complexity index is 187. The van der Waals surface area contributed by atoms with E-state index in [-0.39, 0.29) is 0 Å². The van der Waals surface area contributed by atoms with Crippen LogP contribution in [0.4, 0.5) is 0 Å². The van der Waals surface area contributed by atoms with Gasteiger partial charge in [-0.15, -0.1) is 0 Å². The Morgan fingerprint density at radius 2 is 2.12 bits per heavy atom. The molecule has 0 saturated carbocycles. The van der Waals surface area contributed by atoms with Crippen molar-refractivity contribution in [2.24, 2.45) is 0 Å². The topological polar surface area (TPSA) is 40.2 Å². The Balaban J connectivity index is 2.01. The summed E-state index contributed by atoms with van der Waals surface area (Å²) in [5.74, 6) is 0. The molecule has 1 heterocycles. The third-order valence-corrected chi connectivity index (χ3v) is 5.61. The zero-order valence-corrected chi connectivity index (χ0v) is 11.7. The molecule has 1 aliphatic rings. The lowest BCUT2D eigenvalue weighted by molar-refractivity contribution is 0.114. The van der Waals surface area contributed by atoms with Crippen LogP contribution >= 0.6 is 0 Å². The summed E-state index contributed by atoms with van der Waals surface area (Å²) in [5.41, 5.74) is 0. The van der Waals surface area contributed by atoms with Crippen LogP contribution in [0, 0.1) is 0 Å². The number of hydrogen-bond donors (Lipinski definition) is 0. The summed E-state index contributed by atoms with van der Waals surface area (Å²) in [6.45, 7) is 7.41. The molecule has 1 fully saturated rings. The lowest BCUT2D eigenvalue weighted by Crippen LogP contribution is -2.37. The Morgan fingerprint density at radius 3 is 2.69 bits per heavy atom. The van der Waals surface area contributed by atoms with Gasteiger partial charge in [0, 0.05) is 20.3 Å². The summed E-state index contributed by atoms with van der Waals surface area (Å²) in [7, 11) is -0.166. The van der Waals surface area contributed by atoms with Gasteiger partial charge in [-0.1, -0.05) is 6.92 Å². The van der Waals surface area contributed by atoms with Gasteiger partial charge in [-0.25, -0.2) is 0 Å². The van der Waals surface area contributed by atoms with Crippen molar-refractivity contribution in [2.75, 3.05) is 33.5 Å². The van der Waals surface area contributed by atoms with Crippen LogP contribution in [0.5, 0.6) is 0 Å². The van der Waals surface area contributed by atoms with Gasteiger partial charge in [-0.3, -0.25) is 0 Å². The molecule has 0 aromatic rings. The smallest absolute Gasteiger partial charge is 0.334 e. The predicted octanol–water partition coefficient (Wildman–Crippen LogP) is 1.94. The van der Waals surface area contributed by atoms with Crippen molar-refractivity contribution in [1.82, 2.24) is 0 Å². The quantitative estimate of drug-likeness (QED) is 0.336. The molecule has 16 heavy (non-hydrogen) atoms. The Kier molecular flexibility index (Phi) is 6.53. The average Bonchev–Trinajstić information content (AvgIpc) is 3.10. The number of rotatable bonds is 10. The fourth-order valence-electron chi connectivity index (χ4n) is 1.43. The second kappa shape index (κ2) is 7.40. The third kappa shape index (κ3) is 5.96. The first kappa shape index (κ1) is 14.1. The maximum atomic E-state index is 5.80. The van der Waals surface area contributed by atoms with E-state index in [0.29, 0.717) is 6.10 Å². The molecule has 2 unspecified atom stereocenters. The summed E-state index contributed by atoms with van der Waals surface area (Å²) >= 11 is 0. The SMILES string of the molecule is CCCO[Si](C)(CCCOCC1CO1)OC. The molecule has 0 N–H and O–H groups in total. The van der Waals surface area contributed by atoms with Gasteiger partial charge in [0.05, 0.1) is 13.2 Å². The highest BCUT2D eigenvalue weighted by Gasteiger charge is 2.29. The van der Waals surface area contributed by atoms with Crippen molar-refractivity contribution >= 4 is 8.56 Å². The van der Waals surface area contributed by atoms with E-state index in [9.17, 15) is 0 Å². The van der Waals surface area contributed by atoms with Crippen molar-refractivity contribution in [3.8, 4) is 0 Å². The van der Waals surface area contributed by atoms with Crippen molar-refractivity contribution in [2.45, 2.75) is 38.5 Å². The summed E-state index contributed by atoms with van der Waals surface area (Å²) in [4.78, 5) is 0. The highest BCUT2D eigenvalue weighted by molar-refractivity contribution is 6.65. The Hall–Kier alpha value is 0.0569. The average molecular weight is 248 g/mol. The lowest BCUT2D eigenvalue weighted by Gasteiger charge is -2.24. The van der Waals surface area contributed by atoms with Gasteiger partial charge in [-0.05, 0) is 25.4 Å². The number of hydrogen-bond acceptors (Lipinski definition) is 4. The van der Waals surface area contributed by atoms with Gasteiger partial charge >= 0.3 is 8.56 Å². The molecule has 0 aromatic carbocycles. The van der Waals surface area contributed by atoms with Crippen molar-refractivity contribution in [1.29, 1.82) is 0 Å². The van der Waals surface area contributed by atoms with Crippen LogP contribution in [0.1, 0.15) is 19.8 Å². The van der Waals surface area contributed by atoms with Crippen molar-refractivity contribution in [3.05, 3.63) is 0 Å². The zero-order valence-electron chi connectivity index (χ0n) is 10.7. The van der Waals surface area contributed by atoms with Crippen LogP contribution in [-0.4, -0.2) is 48.2 Å². The van der Waals surface area contributed by atoms with E-state index in [4.69, 9.17) is 18.3 Å². The molecular weight excluding hydrogens is 224 g/mol. The first-order chi connectivity index (χ1) is 7.70. The molecule has 0 amide bonds. The molecule has 0 bridgehead atoms. The molecule has 5 heteroatoms. The number of ether oxygens (including phenoxy) is 2. The largest absolute Gasteiger partial charge is 0.398 e. The van der Waals surface area contributed by atoms with E-state index in [0.717, 1.165) is 45.3 Å². The molecule has 4 nitrogen and oxygen atoms in total. The highest BCUT2D eigenvalue weighted by atomic mass is 28.4. The van der Waals surface area contributed by atoms with Gasteiger partial charge in [0.25, 0.3) is 0 Å². The Morgan fingerprint density at radius 1 is 1.38 bits per heavy atom. The van der Waals surface area contributed by atoms with E-state index in [1.54, 1.807) is 7.11 Å². The first-order valence-corrected chi connectivity index (χ1v) is 8.61. The van der Waals surface area contributed by atoms with Crippen LogP contribution in [-0.2, 0) is 18.3 Å². The fraction of sp³-hybridized carbons (Fsp3) is 1.00. The summed E-state index contributed by atoms with van der Waals surface area (Å²) in [5, 5.41) is 0. The van der Waals surface area contributed by atoms with Crippen LogP contribution < -0.4 is 0 Å². The van der Waals surface area contributed by atoms with E-state index in [1.165, 1.54) is 0 Å². The number of epoxide rings is 1. The molecule has 0 radical (unpaired) electrons. The molecule has 1 rings (SSSR count). The molecule has 0 spiro atoms. The van der Waals surface area contributed by atoms with Gasteiger partial charge in [0.15, 0.2) is 0 Å². The molecule has 0 aliphatic carbocycles. The molecular formula is C11H24O4Si. The minimum atomic E-state index is -1.92. The Labute approximate surface area is 99.5 Å². The maximum Gasteiger partial charge on any atom is 0.334 e.